The fraction of sp³-hybridized carbons (Fsp3) is 0.440. The quantitative estimate of drug-likeness (QED) is 0.411. The summed E-state index contributed by atoms with van der Waals surface area (Å²) in [5.41, 5.74) is 0.490. The topological polar surface area (TPSA) is 81.3 Å². The van der Waals surface area contributed by atoms with Crippen molar-refractivity contribution in [2.75, 3.05) is 39.3 Å². The molecular weight excluding hydrogens is 454 g/mol. The normalized spacial score (nSPS) is 22.8. The molecule has 2 aliphatic heterocycles. The summed E-state index contributed by atoms with van der Waals surface area (Å²) in [6, 6.07) is 12.6. The third-order valence-electron chi connectivity index (χ3n) is 6.29. The molecule has 3 atom stereocenters. The van der Waals surface area contributed by atoms with Crippen LogP contribution in [0.15, 0.2) is 42.5 Å². The predicted molar refractivity (Wildman–Crippen MR) is 133 cm³/mol. The zero-order valence-corrected chi connectivity index (χ0v) is 20.7. The van der Waals surface area contributed by atoms with Gasteiger partial charge in [-0.25, -0.2) is 0 Å². The Hall–Kier alpha value is -3.04. The maximum Gasteiger partial charge on any atom is 0.236 e. The van der Waals surface area contributed by atoms with Gasteiger partial charge in [-0.1, -0.05) is 12.1 Å². The highest BCUT2D eigenvalue weighted by Crippen LogP contribution is 2.51. The van der Waals surface area contributed by atoms with Gasteiger partial charge in [0.2, 0.25) is 5.91 Å². The van der Waals surface area contributed by atoms with Gasteiger partial charge in [-0.15, -0.1) is 0 Å². The molecule has 2 aromatic carbocycles. The van der Waals surface area contributed by atoms with Gasteiger partial charge in [-0.3, -0.25) is 4.79 Å². The molecule has 0 unspecified atom stereocenters. The molecule has 0 spiro atoms. The highest BCUT2D eigenvalue weighted by Gasteiger charge is 2.59. The summed E-state index contributed by atoms with van der Waals surface area (Å²) in [5, 5.41) is 7.01. The molecule has 2 bridgehead atoms. The lowest BCUT2D eigenvalue weighted by molar-refractivity contribution is -0.150. The van der Waals surface area contributed by atoms with E-state index in [0.717, 1.165) is 17.7 Å². The van der Waals surface area contributed by atoms with E-state index in [-0.39, 0.29) is 11.9 Å². The van der Waals surface area contributed by atoms with E-state index in [2.05, 4.69) is 10.6 Å². The van der Waals surface area contributed by atoms with Gasteiger partial charge >= 0.3 is 0 Å². The van der Waals surface area contributed by atoms with E-state index in [0.29, 0.717) is 42.1 Å². The van der Waals surface area contributed by atoms with Crippen LogP contribution in [0.2, 0.25) is 0 Å². The average Bonchev–Trinajstić information content (AvgIpc) is 2.82. The molecule has 1 amide bonds. The number of ether oxygens (including phenoxy) is 4. The van der Waals surface area contributed by atoms with Crippen LogP contribution in [0.25, 0.3) is 0 Å². The first-order valence-electron chi connectivity index (χ1n) is 11.4. The lowest BCUT2D eigenvalue weighted by atomic mass is 9.78. The lowest BCUT2D eigenvalue weighted by Gasteiger charge is -2.56. The number of thiocarbonyl (C=S) groups is 1. The number of amides is 1. The van der Waals surface area contributed by atoms with Crippen LogP contribution in [0.3, 0.4) is 0 Å². The summed E-state index contributed by atoms with van der Waals surface area (Å²) < 4.78 is 23.0. The van der Waals surface area contributed by atoms with Gasteiger partial charge in [0.1, 0.15) is 11.7 Å². The number of fused-ring (bicyclic) bond motifs is 4. The average molecular weight is 486 g/mol. The van der Waals surface area contributed by atoms with E-state index >= 15 is 0 Å². The van der Waals surface area contributed by atoms with Crippen molar-refractivity contribution in [2.24, 2.45) is 5.92 Å². The largest absolute Gasteiger partial charge is 0.497 e. The van der Waals surface area contributed by atoms with Gasteiger partial charge in [0.15, 0.2) is 22.3 Å². The van der Waals surface area contributed by atoms with Gasteiger partial charge < -0.3 is 34.5 Å². The Morgan fingerprint density at radius 2 is 2.00 bits per heavy atom. The second-order valence-electron chi connectivity index (χ2n) is 8.38. The van der Waals surface area contributed by atoms with Crippen molar-refractivity contribution in [3.05, 3.63) is 48.0 Å². The summed E-state index contributed by atoms with van der Waals surface area (Å²) >= 11 is 5.73. The number of anilines is 1. The minimum Gasteiger partial charge on any atom is -0.497 e. The zero-order chi connectivity index (χ0) is 24.3. The Balaban J connectivity index is 1.73. The minimum absolute atomic E-state index is 0.170. The van der Waals surface area contributed by atoms with Crippen LogP contribution >= 0.6 is 12.2 Å². The van der Waals surface area contributed by atoms with Crippen LogP contribution in [-0.4, -0.2) is 55.6 Å². The molecule has 2 N–H and O–H groups in total. The molecule has 8 nitrogen and oxygen atoms in total. The zero-order valence-electron chi connectivity index (χ0n) is 19.9. The molecular formula is C25H31N3O5S. The van der Waals surface area contributed by atoms with E-state index < -0.39 is 11.6 Å². The maximum atomic E-state index is 13.8. The predicted octanol–water partition coefficient (Wildman–Crippen LogP) is 3.73. The number of nitrogens with one attached hydrogen (secondary N) is 2. The number of para-hydroxylation sites is 1. The third-order valence-corrected chi connectivity index (χ3v) is 6.63. The Labute approximate surface area is 205 Å². The van der Waals surface area contributed by atoms with Crippen molar-refractivity contribution < 1.29 is 23.7 Å². The van der Waals surface area contributed by atoms with Gasteiger partial charge in [0, 0.05) is 31.5 Å². The number of nitrogens with zero attached hydrogens (tertiary/aromatic N) is 1. The van der Waals surface area contributed by atoms with Gasteiger partial charge in [0.05, 0.1) is 19.8 Å². The van der Waals surface area contributed by atoms with Gasteiger partial charge in [0.25, 0.3) is 0 Å². The van der Waals surface area contributed by atoms with Crippen molar-refractivity contribution in [3.63, 3.8) is 0 Å². The summed E-state index contributed by atoms with van der Waals surface area (Å²) in [6.45, 7) is 5.50. The molecule has 0 aliphatic carbocycles. The smallest absolute Gasteiger partial charge is 0.236 e. The first-order valence-corrected chi connectivity index (χ1v) is 11.8. The van der Waals surface area contributed by atoms with Gasteiger partial charge in [-0.2, -0.15) is 0 Å². The Bertz CT molecular complexity index is 1050. The van der Waals surface area contributed by atoms with Crippen LogP contribution in [0.4, 0.5) is 5.69 Å². The maximum absolute atomic E-state index is 13.8. The van der Waals surface area contributed by atoms with E-state index in [1.807, 2.05) is 61.2 Å². The van der Waals surface area contributed by atoms with E-state index in [4.69, 9.17) is 31.2 Å². The Morgan fingerprint density at radius 1 is 1.24 bits per heavy atom. The van der Waals surface area contributed by atoms with Crippen molar-refractivity contribution in [1.82, 2.24) is 10.2 Å². The second kappa shape index (κ2) is 10.1. The van der Waals surface area contributed by atoms with E-state index in [1.165, 1.54) is 0 Å². The molecule has 2 aromatic rings. The molecule has 4 rings (SSSR count). The summed E-state index contributed by atoms with van der Waals surface area (Å²) in [4.78, 5) is 15.7. The molecule has 182 valence electrons. The number of hydrogen-bond donors (Lipinski definition) is 2. The van der Waals surface area contributed by atoms with Crippen molar-refractivity contribution in [3.8, 4) is 17.2 Å². The van der Waals surface area contributed by atoms with Gasteiger partial charge in [-0.05, 0) is 62.8 Å². The van der Waals surface area contributed by atoms with Crippen LogP contribution in [0.1, 0.15) is 31.9 Å². The molecule has 2 heterocycles. The van der Waals surface area contributed by atoms with E-state index in [1.54, 1.807) is 14.2 Å². The third kappa shape index (κ3) is 4.37. The molecule has 0 radical (unpaired) electrons. The Morgan fingerprint density at radius 3 is 2.68 bits per heavy atom. The van der Waals surface area contributed by atoms with Crippen LogP contribution in [0.5, 0.6) is 17.2 Å². The molecule has 1 fully saturated rings. The Kier molecular flexibility index (Phi) is 7.13. The van der Waals surface area contributed by atoms with Crippen molar-refractivity contribution in [2.45, 2.75) is 32.0 Å². The SMILES string of the molecule is CCOc1cccc2c1O[C@@]1(C)[C@H](C(=O)Nc3ccc(OC)cc3)[C@H]2NC(=S)N1CCCOC. The molecule has 9 heteroatoms. The number of benzene rings is 2. The minimum atomic E-state index is -1.03. The highest BCUT2D eigenvalue weighted by molar-refractivity contribution is 7.80. The van der Waals surface area contributed by atoms with E-state index in [9.17, 15) is 4.79 Å². The summed E-state index contributed by atoms with van der Waals surface area (Å²) in [6.07, 6.45) is 0.731. The first kappa shape index (κ1) is 24.1. The molecule has 34 heavy (non-hydrogen) atoms. The highest BCUT2D eigenvalue weighted by atomic mass is 32.1. The second-order valence-corrected chi connectivity index (χ2v) is 8.77. The standard InChI is InChI=1S/C25H31N3O5S/c1-5-32-19-9-6-8-18-21-20(23(29)26-16-10-12-17(31-4)13-11-16)25(2,33-22(18)19)28(24(34)27-21)14-7-15-30-3/h6,8-13,20-21H,5,7,14-15H2,1-4H3,(H,26,29)(H,27,34)/t20-,21-,25-/m0/s1. The van der Waals surface area contributed by atoms with Crippen LogP contribution < -0.4 is 24.8 Å². The lowest BCUT2D eigenvalue weighted by Crippen LogP contribution is -2.71. The summed E-state index contributed by atoms with van der Waals surface area (Å²) in [5.74, 6) is 1.25. The van der Waals surface area contributed by atoms with Crippen LogP contribution in [-0.2, 0) is 9.53 Å². The number of hydrogen-bond acceptors (Lipinski definition) is 6. The fourth-order valence-electron chi connectivity index (χ4n) is 4.69. The van der Waals surface area contributed by atoms with Crippen molar-refractivity contribution in [1.29, 1.82) is 0 Å². The summed E-state index contributed by atoms with van der Waals surface area (Å²) in [7, 11) is 3.27. The monoisotopic (exact) mass is 485 g/mol. The fourth-order valence-corrected chi connectivity index (χ4v) is 5.09. The number of methoxy groups -OCH3 is 2. The molecule has 0 saturated carbocycles. The molecule has 1 saturated heterocycles. The van der Waals surface area contributed by atoms with Crippen LogP contribution in [0, 0.1) is 5.92 Å². The molecule has 0 aromatic heterocycles. The number of carbonyl (C=O) groups is 1. The first-order chi connectivity index (χ1) is 16.4. The number of rotatable bonds is 9. The molecule has 2 aliphatic rings. The van der Waals surface area contributed by atoms with Crippen molar-refractivity contribution >= 4 is 28.9 Å². The number of carbonyl (C=O) groups excluding carboxylic acids is 1.